The summed E-state index contributed by atoms with van der Waals surface area (Å²) in [5.74, 6) is 1.32. The lowest BCUT2D eigenvalue weighted by molar-refractivity contribution is 0.0745. The van der Waals surface area contributed by atoms with Gasteiger partial charge in [-0.25, -0.2) is 8.51 Å². The topological polar surface area (TPSA) is 60.4 Å². The zero-order valence-electron chi connectivity index (χ0n) is 14.0. The molecule has 1 fully saturated rings. The van der Waals surface area contributed by atoms with Crippen LogP contribution in [-0.2, 0) is 14.7 Å². The van der Waals surface area contributed by atoms with Gasteiger partial charge in [0.1, 0.15) is 9.92 Å². The molecular weight excluding hydrogens is 340 g/mol. The number of hydrogen-bond acceptors (Lipinski definition) is 5. The predicted molar refractivity (Wildman–Crippen MR) is 94.6 cm³/mol. The van der Waals surface area contributed by atoms with Gasteiger partial charge in [-0.1, -0.05) is 17.7 Å². The molecule has 1 unspecified atom stereocenters. The number of morpholine rings is 1. The number of nitrogens with zero attached hydrogens (tertiary/aromatic N) is 2. The van der Waals surface area contributed by atoms with Crippen molar-refractivity contribution < 1.29 is 18.4 Å². The fraction of sp³-hybridized carbons (Fsp3) is 0.333. The number of fused-ring (bicyclic) bond motifs is 1. The minimum atomic E-state index is -2.77. The monoisotopic (exact) mass is 360 g/mol. The molecule has 132 valence electrons. The summed E-state index contributed by atoms with van der Waals surface area (Å²) in [7, 11) is -2.77. The maximum absolute atomic E-state index is 14.0. The molecule has 0 bridgehead atoms. The highest BCUT2D eigenvalue weighted by Crippen LogP contribution is 2.36. The van der Waals surface area contributed by atoms with Crippen LogP contribution in [0.3, 0.4) is 0 Å². The summed E-state index contributed by atoms with van der Waals surface area (Å²) in [5, 5.41) is 0. The van der Waals surface area contributed by atoms with Crippen LogP contribution in [0.4, 0.5) is 5.69 Å². The molecule has 0 saturated carbocycles. The summed E-state index contributed by atoms with van der Waals surface area (Å²) >= 11 is 0. The third kappa shape index (κ3) is 3.22. The second kappa shape index (κ2) is 6.67. The number of rotatable bonds is 3. The Labute approximate surface area is 147 Å². The van der Waals surface area contributed by atoms with Gasteiger partial charge >= 0.3 is 0 Å². The SMILES string of the molecule is Cc1ccc(S(=O)(=Nc2ccc3c(c2)OCO3)N2CCOCC2)cc1. The van der Waals surface area contributed by atoms with Crippen molar-refractivity contribution >= 4 is 15.6 Å². The van der Waals surface area contributed by atoms with E-state index in [2.05, 4.69) is 4.36 Å². The maximum Gasteiger partial charge on any atom is 0.231 e. The number of hydrogen-bond donors (Lipinski definition) is 0. The van der Waals surface area contributed by atoms with Gasteiger partial charge in [-0.2, -0.15) is 4.36 Å². The Kier molecular flexibility index (Phi) is 4.37. The summed E-state index contributed by atoms with van der Waals surface area (Å²) in [6.45, 7) is 4.49. The quantitative estimate of drug-likeness (QED) is 0.844. The number of ether oxygens (including phenoxy) is 3. The molecule has 1 saturated heterocycles. The molecule has 0 aliphatic carbocycles. The lowest BCUT2D eigenvalue weighted by atomic mass is 10.2. The fourth-order valence-electron chi connectivity index (χ4n) is 2.85. The van der Waals surface area contributed by atoms with Gasteiger partial charge in [-0.3, -0.25) is 0 Å². The molecule has 2 aliphatic heterocycles. The van der Waals surface area contributed by atoms with E-state index in [1.807, 2.05) is 41.6 Å². The van der Waals surface area contributed by atoms with Crippen molar-refractivity contribution in [1.29, 1.82) is 0 Å². The highest BCUT2D eigenvalue weighted by Gasteiger charge is 2.25. The third-order valence-electron chi connectivity index (χ3n) is 4.23. The van der Waals surface area contributed by atoms with Crippen molar-refractivity contribution in [2.75, 3.05) is 33.1 Å². The van der Waals surface area contributed by atoms with Crippen LogP contribution in [0, 0.1) is 6.92 Å². The largest absolute Gasteiger partial charge is 0.454 e. The molecule has 1 atom stereocenters. The lowest BCUT2D eigenvalue weighted by Crippen LogP contribution is -2.40. The fourth-order valence-corrected chi connectivity index (χ4v) is 4.91. The van der Waals surface area contributed by atoms with Crippen LogP contribution in [0.1, 0.15) is 5.56 Å². The Hall–Kier alpha value is -2.09. The van der Waals surface area contributed by atoms with Gasteiger partial charge in [0, 0.05) is 19.2 Å². The van der Waals surface area contributed by atoms with E-state index in [1.165, 1.54) is 0 Å². The van der Waals surface area contributed by atoms with Crippen LogP contribution < -0.4 is 9.47 Å². The molecule has 6 nitrogen and oxygen atoms in total. The van der Waals surface area contributed by atoms with Gasteiger partial charge in [-0.05, 0) is 31.2 Å². The van der Waals surface area contributed by atoms with Crippen molar-refractivity contribution in [3.8, 4) is 11.5 Å². The molecule has 0 spiro atoms. The van der Waals surface area contributed by atoms with Crippen LogP contribution >= 0.6 is 0 Å². The molecule has 2 aromatic carbocycles. The molecule has 2 heterocycles. The van der Waals surface area contributed by atoms with E-state index in [-0.39, 0.29) is 6.79 Å². The summed E-state index contributed by atoms with van der Waals surface area (Å²) in [6.07, 6.45) is 0. The summed E-state index contributed by atoms with van der Waals surface area (Å²) < 4.78 is 36.7. The molecule has 7 heteroatoms. The van der Waals surface area contributed by atoms with Gasteiger partial charge in [0.05, 0.1) is 23.8 Å². The zero-order valence-corrected chi connectivity index (χ0v) is 14.8. The summed E-state index contributed by atoms with van der Waals surface area (Å²) in [6, 6.07) is 13.1. The first-order chi connectivity index (χ1) is 12.1. The van der Waals surface area contributed by atoms with Crippen LogP contribution in [-0.4, -0.2) is 41.6 Å². The average molecular weight is 360 g/mol. The Morgan fingerprint density at radius 2 is 1.72 bits per heavy atom. The van der Waals surface area contributed by atoms with Crippen LogP contribution in [0.2, 0.25) is 0 Å². The van der Waals surface area contributed by atoms with E-state index in [9.17, 15) is 4.21 Å². The Bertz CT molecular complexity index is 882. The van der Waals surface area contributed by atoms with Gasteiger partial charge < -0.3 is 14.2 Å². The molecular formula is C18H20N2O4S. The minimum absolute atomic E-state index is 0.204. The van der Waals surface area contributed by atoms with Crippen molar-refractivity contribution in [2.24, 2.45) is 4.36 Å². The number of aryl methyl sites for hydroxylation is 1. The van der Waals surface area contributed by atoms with E-state index in [0.29, 0.717) is 48.4 Å². The second-order valence-corrected chi connectivity index (χ2v) is 8.14. The van der Waals surface area contributed by atoms with Gasteiger partial charge in [0.15, 0.2) is 11.5 Å². The van der Waals surface area contributed by atoms with Crippen molar-refractivity contribution in [3.05, 3.63) is 48.0 Å². The molecule has 4 rings (SSSR count). The normalized spacial score (nSPS) is 19.4. The first-order valence-corrected chi connectivity index (χ1v) is 9.69. The van der Waals surface area contributed by atoms with E-state index in [4.69, 9.17) is 14.2 Å². The standard InChI is InChI=1S/C18H20N2O4S/c1-14-2-5-16(6-3-14)25(21,20-8-10-22-11-9-20)19-15-4-7-17-18(12-15)24-13-23-17/h2-7,12H,8-11,13H2,1H3. The summed E-state index contributed by atoms with van der Waals surface area (Å²) in [5.41, 5.74) is 1.73. The average Bonchev–Trinajstić information content (AvgIpc) is 3.10. The Morgan fingerprint density at radius 3 is 2.48 bits per heavy atom. The van der Waals surface area contributed by atoms with Crippen LogP contribution in [0.25, 0.3) is 0 Å². The van der Waals surface area contributed by atoms with Crippen molar-refractivity contribution in [2.45, 2.75) is 11.8 Å². The molecule has 0 aromatic heterocycles. The highest BCUT2D eigenvalue weighted by atomic mass is 32.2. The third-order valence-corrected chi connectivity index (χ3v) is 6.64. The van der Waals surface area contributed by atoms with Crippen molar-refractivity contribution in [1.82, 2.24) is 4.31 Å². The van der Waals surface area contributed by atoms with Crippen LogP contribution in [0.5, 0.6) is 11.5 Å². The molecule has 0 amide bonds. The smallest absolute Gasteiger partial charge is 0.231 e. The van der Waals surface area contributed by atoms with Crippen LogP contribution in [0.15, 0.2) is 51.7 Å². The number of benzene rings is 2. The minimum Gasteiger partial charge on any atom is -0.454 e. The summed E-state index contributed by atoms with van der Waals surface area (Å²) in [4.78, 5) is 0.706. The molecule has 2 aromatic rings. The molecule has 2 aliphatic rings. The van der Waals surface area contributed by atoms with Gasteiger partial charge in [-0.15, -0.1) is 0 Å². The molecule has 0 radical (unpaired) electrons. The zero-order chi connectivity index (χ0) is 17.3. The van der Waals surface area contributed by atoms with Gasteiger partial charge in [0.25, 0.3) is 0 Å². The van der Waals surface area contributed by atoms with E-state index in [0.717, 1.165) is 5.56 Å². The van der Waals surface area contributed by atoms with Crippen molar-refractivity contribution in [3.63, 3.8) is 0 Å². The molecule has 0 N–H and O–H groups in total. The van der Waals surface area contributed by atoms with E-state index in [1.54, 1.807) is 12.1 Å². The maximum atomic E-state index is 14.0. The Balaban J connectivity index is 1.82. The van der Waals surface area contributed by atoms with E-state index >= 15 is 0 Å². The Morgan fingerprint density at radius 1 is 1.00 bits per heavy atom. The first kappa shape index (κ1) is 16.4. The first-order valence-electron chi connectivity index (χ1n) is 8.21. The highest BCUT2D eigenvalue weighted by molar-refractivity contribution is 7.91. The van der Waals surface area contributed by atoms with E-state index < -0.39 is 9.92 Å². The molecule has 25 heavy (non-hydrogen) atoms. The lowest BCUT2D eigenvalue weighted by Gasteiger charge is -2.29. The van der Waals surface area contributed by atoms with Gasteiger partial charge in [0.2, 0.25) is 6.79 Å². The predicted octanol–water partition coefficient (Wildman–Crippen LogP) is 3.13. The second-order valence-electron chi connectivity index (χ2n) is 5.98.